The van der Waals surface area contributed by atoms with Crippen LogP contribution in [0.25, 0.3) is 11.4 Å². The molecule has 0 aliphatic heterocycles. The fourth-order valence-electron chi connectivity index (χ4n) is 3.60. The van der Waals surface area contributed by atoms with Gasteiger partial charge in [-0.3, -0.25) is 9.58 Å². The molecule has 7 heteroatoms. The van der Waals surface area contributed by atoms with Gasteiger partial charge in [-0.15, -0.1) is 0 Å². The van der Waals surface area contributed by atoms with Crippen molar-refractivity contribution in [1.29, 1.82) is 0 Å². The molecule has 4 aromatic rings. The summed E-state index contributed by atoms with van der Waals surface area (Å²) in [5, 5.41) is 9.63. The minimum absolute atomic E-state index is 0.563. The Morgan fingerprint density at radius 3 is 2.48 bits per heavy atom. The summed E-state index contributed by atoms with van der Waals surface area (Å²) in [5.74, 6) is 1.21. The number of rotatable bonds is 7. The van der Waals surface area contributed by atoms with Crippen LogP contribution < -0.4 is 0 Å². The van der Waals surface area contributed by atoms with Gasteiger partial charge in [0.15, 0.2) is 0 Å². The van der Waals surface area contributed by atoms with E-state index >= 15 is 0 Å². The lowest BCUT2D eigenvalue weighted by atomic mass is 10.1. The summed E-state index contributed by atoms with van der Waals surface area (Å²) in [7, 11) is 2.04. The average molecular weight is 436 g/mol. The lowest BCUT2D eigenvalue weighted by Gasteiger charge is -2.14. The van der Waals surface area contributed by atoms with Crippen molar-refractivity contribution in [3.63, 3.8) is 0 Å². The smallest absolute Gasteiger partial charge is 0.241 e. The third-order valence-electron chi connectivity index (χ3n) is 5.42. The highest BCUT2D eigenvalue weighted by atomic mass is 35.5. The summed E-state index contributed by atoms with van der Waals surface area (Å²) < 4.78 is 7.49. The maximum absolute atomic E-state index is 6.33. The Kier molecular flexibility index (Phi) is 6.20. The van der Waals surface area contributed by atoms with E-state index in [0.717, 1.165) is 34.1 Å². The number of hydrogen-bond acceptors (Lipinski definition) is 5. The summed E-state index contributed by atoms with van der Waals surface area (Å²) in [6.45, 7) is 8.15. The first kappa shape index (κ1) is 21.3. The Balaban J connectivity index is 1.44. The average Bonchev–Trinajstić information content (AvgIpc) is 3.30. The van der Waals surface area contributed by atoms with Crippen LogP contribution in [0.4, 0.5) is 0 Å². The third-order valence-corrected chi connectivity index (χ3v) is 5.79. The second kappa shape index (κ2) is 9.04. The SMILES string of the molecule is Cc1ccc(-c2noc(CN(C)Cc3c(C)nn(Cc4ccccc4Cl)c3C)n2)cc1. The molecule has 0 fully saturated rings. The van der Waals surface area contributed by atoms with Crippen LogP contribution in [0, 0.1) is 20.8 Å². The van der Waals surface area contributed by atoms with E-state index in [9.17, 15) is 0 Å². The van der Waals surface area contributed by atoms with Gasteiger partial charge in [0.2, 0.25) is 11.7 Å². The van der Waals surface area contributed by atoms with Crippen LogP contribution in [0.5, 0.6) is 0 Å². The van der Waals surface area contributed by atoms with E-state index in [1.807, 2.05) is 67.2 Å². The predicted molar refractivity (Wildman–Crippen MR) is 122 cm³/mol. The first-order valence-corrected chi connectivity index (χ1v) is 10.6. The molecule has 0 bridgehead atoms. The zero-order chi connectivity index (χ0) is 22.0. The maximum Gasteiger partial charge on any atom is 0.241 e. The van der Waals surface area contributed by atoms with Crippen molar-refractivity contribution in [2.75, 3.05) is 7.05 Å². The van der Waals surface area contributed by atoms with Crippen LogP contribution in [0.3, 0.4) is 0 Å². The minimum Gasteiger partial charge on any atom is -0.338 e. The van der Waals surface area contributed by atoms with E-state index in [4.69, 9.17) is 21.2 Å². The van der Waals surface area contributed by atoms with Gasteiger partial charge >= 0.3 is 0 Å². The van der Waals surface area contributed by atoms with Crippen LogP contribution in [0.15, 0.2) is 53.1 Å². The van der Waals surface area contributed by atoms with E-state index in [-0.39, 0.29) is 0 Å². The first-order chi connectivity index (χ1) is 14.9. The Hall–Kier alpha value is -2.96. The first-order valence-electron chi connectivity index (χ1n) is 10.2. The summed E-state index contributed by atoms with van der Waals surface area (Å²) >= 11 is 6.33. The highest BCUT2D eigenvalue weighted by molar-refractivity contribution is 6.31. The van der Waals surface area contributed by atoms with Crippen molar-refractivity contribution in [1.82, 2.24) is 24.8 Å². The number of nitrogens with zero attached hydrogens (tertiary/aromatic N) is 5. The minimum atomic E-state index is 0.563. The van der Waals surface area contributed by atoms with Gasteiger partial charge in [0.1, 0.15) is 0 Å². The molecule has 2 heterocycles. The number of halogens is 1. The van der Waals surface area contributed by atoms with E-state index in [2.05, 4.69) is 28.9 Å². The molecule has 0 N–H and O–H groups in total. The fraction of sp³-hybridized carbons (Fsp3) is 0.292. The molecule has 0 aliphatic rings. The molecular formula is C24H26ClN5O. The largest absolute Gasteiger partial charge is 0.338 e. The van der Waals surface area contributed by atoms with Crippen LogP contribution in [-0.4, -0.2) is 31.9 Å². The normalized spacial score (nSPS) is 11.4. The van der Waals surface area contributed by atoms with Crippen LogP contribution in [-0.2, 0) is 19.6 Å². The fourth-order valence-corrected chi connectivity index (χ4v) is 3.80. The van der Waals surface area contributed by atoms with Crippen LogP contribution >= 0.6 is 11.6 Å². The zero-order valence-electron chi connectivity index (χ0n) is 18.3. The van der Waals surface area contributed by atoms with E-state index in [1.54, 1.807) is 0 Å². The molecule has 2 aromatic carbocycles. The standard InChI is InChI=1S/C24H26ClN5O/c1-16-9-11-19(12-10-16)24-26-23(31-28-24)15-29(4)14-21-17(2)27-30(18(21)3)13-20-7-5-6-8-22(20)25/h5-12H,13-15H2,1-4H3. The van der Waals surface area contributed by atoms with E-state index in [0.29, 0.717) is 24.8 Å². The monoisotopic (exact) mass is 435 g/mol. The maximum atomic E-state index is 6.33. The number of aromatic nitrogens is 4. The molecule has 2 aromatic heterocycles. The summed E-state index contributed by atoms with van der Waals surface area (Å²) in [4.78, 5) is 6.71. The Morgan fingerprint density at radius 1 is 1.00 bits per heavy atom. The van der Waals surface area contributed by atoms with Crippen molar-refractivity contribution in [2.45, 2.75) is 40.4 Å². The second-order valence-corrected chi connectivity index (χ2v) is 8.36. The zero-order valence-corrected chi connectivity index (χ0v) is 19.0. The summed E-state index contributed by atoms with van der Waals surface area (Å²) in [6.07, 6.45) is 0. The molecule has 31 heavy (non-hydrogen) atoms. The summed E-state index contributed by atoms with van der Waals surface area (Å²) in [6, 6.07) is 16.0. The number of aryl methyl sites for hydroxylation is 2. The molecule has 0 aliphatic carbocycles. The lowest BCUT2D eigenvalue weighted by molar-refractivity contribution is 0.260. The molecule has 0 radical (unpaired) electrons. The Bertz CT molecular complexity index is 1180. The summed E-state index contributed by atoms with van der Waals surface area (Å²) in [5.41, 5.74) is 6.57. The topological polar surface area (TPSA) is 60.0 Å². The molecule has 6 nitrogen and oxygen atoms in total. The van der Waals surface area contributed by atoms with Crippen LogP contribution in [0.1, 0.15) is 34.0 Å². The highest BCUT2D eigenvalue weighted by Crippen LogP contribution is 2.21. The van der Waals surface area contributed by atoms with E-state index in [1.165, 1.54) is 11.1 Å². The van der Waals surface area contributed by atoms with Crippen molar-refractivity contribution in [3.8, 4) is 11.4 Å². The van der Waals surface area contributed by atoms with Crippen molar-refractivity contribution < 1.29 is 4.52 Å². The molecule has 0 unspecified atom stereocenters. The highest BCUT2D eigenvalue weighted by Gasteiger charge is 2.16. The Labute approximate surface area is 187 Å². The van der Waals surface area contributed by atoms with Gasteiger partial charge < -0.3 is 4.52 Å². The molecular weight excluding hydrogens is 410 g/mol. The molecule has 0 atom stereocenters. The van der Waals surface area contributed by atoms with Crippen molar-refractivity contribution >= 4 is 11.6 Å². The van der Waals surface area contributed by atoms with Gasteiger partial charge in [0.05, 0.1) is 18.8 Å². The van der Waals surface area contributed by atoms with Gasteiger partial charge in [-0.2, -0.15) is 10.1 Å². The number of benzene rings is 2. The Morgan fingerprint density at radius 2 is 1.74 bits per heavy atom. The van der Waals surface area contributed by atoms with Crippen molar-refractivity contribution in [2.24, 2.45) is 0 Å². The quantitative estimate of drug-likeness (QED) is 0.399. The van der Waals surface area contributed by atoms with Gasteiger partial charge in [0, 0.05) is 28.4 Å². The van der Waals surface area contributed by atoms with Crippen LogP contribution in [0.2, 0.25) is 5.02 Å². The molecule has 160 valence electrons. The second-order valence-electron chi connectivity index (χ2n) is 7.95. The number of hydrogen-bond donors (Lipinski definition) is 0. The molecule has 0 amide bonds. The third kappa shape index (κ3) is 4.86. The predicted octanol–water partition coefficient (Wildman–Crippen LogP) is 5.19. The molecule has 0 saturated heterocycles. The van der Waals surface area contributed by atoms with Gasteiger partial charge in [-0.25, -0.2) is 0 Å². The van der Waals surface area contributed by atoms with Crippen molar-refractivity contribution in [3.05, 3.63) is 87.5 Å². The molecule has 0 saturated carbocycles. The molecule has 0 spiro atoms. The van der Waals surface area contributed by atoms with Gasteiger partial charge in [0.25, 0.3) is 0 Å². The van der Waals surface area contributed by atoms with Gasteiger partial charge in [-0.05, 0) is 39.4 Å². The van der Waals surface area contributed by atoms with E-state index < -0.39 is 0 Å². The lowest BCUT2D eigenvalue weighted by Crippen LogP contribution is -2.18. The molecule has 4 rings (SSSR count). The van der Waals surface area contributed by atoms with Gasteiger partial charge in [-0.1, -0.05) is 64.8 Å².